The van der Waals surface area contributed by atoms with E-state index in [0.717, 1.165) is 25.7 Å². The van der Waals surface area contributed by atoms with Crippen LogP contribution in [0.25, 0.3) is 0 Å². The monoisotopic (exact) mass is 218 g/mol. The van der Waals surface area contributed by atoms with Crippen LogP contribution in [0.15, 0.2) is 0 Å². The summed E-state index contributed by atoms with van der Waals surface area (Å²) in [7, 11) is 0. The minimum Gasteiger partial charge on any atom is -0.449 e. The third kappa shape index (κ3) is 7.42. The van der Waals surface area contributed by atoms with Gasteiger partial charge in [0.2, 0.25) is 0 Å². The van der Waals surface area contributed by atoms with E-state index in [9.17, 15) is 12.9 Å². The summed E-state index contributed by atoms with van der Waals surface area (Å²) >= 11 is 0. The molecule has 0 aromatic carbocycles. The average Bonchev–Trinajstić information content (AvgIpc) is 2.02. The number of hydrogen-bond donors (Lipinski definition) is 0. The van der Waals surface area contributed by atoms with Crippen molar-refractivity contribution in [2.24, 2.45) is 5.92 Å². The molecule has 0 saturated heterocycles. The van der Waals surface area contributed by atoms with Crippen LogP contribution in [0.3, 0.4) is 0 Å². The van der Waals surface area contributed by atoms with Gasteiger partial charge in [0.25, 0.3) is 0 Å². The first-order chi connectivity index (χ1) is 5.58. The first kappa shape index (κ1) is 14.5. The van der Waals surface area contributed by atoms with Crippen molar-refractivity contribution >= 4 is 6.98 Å². The molecule has 0 unspecified atom stereocenters. The number of rotatable bonds is 3. The standard InChI is InChI=1S/C8H15BF3.K/c10-9(11,12)7-6-8-4-2-1-3-5-8;/h8H,1-7H2;/q-1;+1. The summed E-state index contributed by atoms with van der Waals surface area (Å²) in [6.45, 7) is -4.53. The maximum atomic E-state index is 11.9. The SMILES string of the molecule is F[B-](F)(F)CCC1CCCCC1.[K+]. The van der Waals surface area contributed by atoms with Crippen molar-refractivity contribution in [1.29, 1.82) is 0 Å². The molecule has 0 amide bonds. The largest absolute Gasteiger partial charge is 1.00 e. The van der Waals surface area contributed by atoms with Crippen molar-refractivity contribution in [1.82, 2.24) is 0 Å². The Balaban J connectivity index is 0.00000144. The maximum Gasteiger partial charge on any atom is 1.00 e. The Bertz CT molecular complexity index is 132. The minimum absolute atomic E-state index is 0. The molecule has 5 heteroatoms. The molecule has 0 aromatic heterocycles. The summed E-state index contributed by atoms with van der Waals surface area (Å²) in [5, 5.41) is 0. The van der Waals surface area contributed by atoms with E-state index < -0.39 is 13.3 Å². The second kappa shape index (κ2) is 6.88. The Morgan fingerprint density at radius 3 is 2.00 bits per heavy atom. The summed E-state index contributed by atoms with van der Waals surface area (Å²) in [5.41, 5.74) is 0. The van der Waals surface area contributed by atoms with E-state index in [1.165, 1.54) is 6.42 Å². The van der Waals surface area contributed by atoms with Gasteiger partial charge in [-0.1, -0.05) is 44.8 Å². The molecule has 0 aliphatic heterocycles. The second-order valence-electron chi connectivity index (χ2n) is 3.79. The average molecular weight is 218 g/mol. The molecule has 0 radical (unpaired) electrons. The van der Waals surface area contributed by atoms with E-state index in [4.69, 9.17) is 0 Å². The van der Waals surface area contributed by atoms with Crippen molar-refractivity contribution in [2.45, 2.75) is 44.8 Å². The molecule has 0 nitrogen and oxygen atoms in total. The summed E-state index contributed by atoms with van der Waals surface area (Å²) < 4.78 is 35.6. The molecule has 13 heavy (non-hydrogen) atoms. The van der Waals surface area contributed by atoms with Crippen molar-refractivity contribution in [2.75, 3.05) is 0 Å². The Labute approximate surface area is 121 Å². The summed E-state index contributed by atoms with van der Waals surface area (Å²) in [5.74, 6) is 0.363. The van der Waals surface area contributed by atoms with Gasteiger partial charge in [0.15, 0.2) is 0 Å². The molecule has 1 aliphatic rings. The molecule has 0 aromatic rings. The topological polar surface area (TPSA) is 0 Å². The van der Waals surface area contributed by atoms with E-state index in [1.54, 1.807) is 0 Å². The molecule has 0 bridgehead atoms. The van der Waals surface area contributed by atoms with Gasteiger partial charge in [-0.25, -0.2) is 0 Å². The zero-order valence-corrected chi connectivity index (χ0v) is 11.4. The van der Waals surface area contributed by atoms with Gasteiger partial charge in [0.05, 0.1) is 0 Å². The van der Waals surface area contributed by atoms with E-state index in [0.29, 0.717) is 12.3 Å². The van der Waals surface area contributed by atoms with Gasteiger partial charge in [0, 0.05) is 0 Å². The van der Waals surface area contributed by atoms with Crippen LogP contribution in [0, 0.1) is 5.92 Å². The molecule has 0 N–H and O–H groups in total. The fourth-order valence-electron chi connectivity index (χ4n) is 1.90. The van der Waals surface area contributed by atoms with Crippen LogP contribution in [-0.4, -0.2) is 6.98 Å². The summed E-state index contributed by atoms with van der Waals surface area (Å²) in [4.78, 5) is 0. The Hall–Kier alpha value is 1.49. The van der Waals surface area contributed by atoms with Gasteiger partial charge in [-0.2, -0.15) is 0 Å². The Kier molecular flexibility index (Phi) is 7.67. The third-order valence-electron chi connectivity index (χ3n) is 2.63. The fourth-order valence-corrected chi connectivity index (χ4v) is 1.90. The van der Waals surface area contributed by atoms with Gasteiger partial charge in [-0.15, -0.1) is 0 Å². The Morgan fingerprint density at radius 1 is 1.00 bits per heavy atom. The van der Waals surface area contributed by atoms with E-state index >= 15 is 0 Å². The maximum absolute atomic E-state index is 11.9. The van der Waals surface area contributed by atoms with E-state index in [1.807, 2.05) is 0 Å². The van der Waals surface area contributed by atoms with Gasteiger partial charge in [-0.05, 0) is 5.92 Å². The number of halogens is 3. The molecule has 1 fully saturated rings. The molecule has 1 saturated carbocycles. The smallest absolute Gasteiger partial charge is 0.449 e. The molecular formula is C8H15BF3K. The summed E-state index contributed by atoms with van der Waals surface area (Å²) in [6, 6.07) is 0. The van der Waals surface area contributed by atoms with Crippen LogP contribution in [0.1, 0.15) is 38.5 Å². The zero-order chi connectivity index (χ0) is 9.03. The predicted octanol–water partition coefficient (Wildman–Crippen LogP) is 0.808. The van der Waals surface area contributed by atoms with Crippen LogP contribution < -0.4 is 51.4 Å². The Morgan fingerprint density at radius 2 is 1.54 bits per heavy atom. The zero-order valence-electron chi connectivity index (χ0n) is 8.24. The van der Waals surface area contributed by atoms with Gasteiger partial charge < -0.3 is 12.9 Å². The van der Waals surface area contributed by atoms with Gasteiger partial charge >= 0.3 is 58.4 Å². The molecule has 0 heterocycles. The first-order valence-electron chi connectivity index (χ1n) is 4.79. The van der Waals surface area contributed by atoms with Crippen molar-refractivity contribution in [3.8, 4) is 0 Å². The van der Waals surface area contributed by atoms with Gasteiger partial charge in [-0.3, -0.25) is 0 Å². The van der Waals surface area contributed by atoms with Crippen LogP contribution in [0.4, 0.5) is 12.9 Å². The summed E-state index contributed by atoms with van der Waals surface area (Å²) in [6.07, 6.45) is 5.38. The molecular weight excluding hydrogens is 203 g/mol. The van der Waals surface area contributed by atoms with Crippen LogP contribution in [-0.2, 0) is 0 Å². The number of hydrogen-bond acceptors (Lipinski definition) is 0. The normalized spacial score (nSPS) is 19.6. The minimum atomic E-state index is -4.53. The predicted molar refractivity (Wildman–Crippen MR) is 45.1 cm³/mol. The van der Waals surface area contributed by atoms with Crippen LogP contribution >= 0.6 is 0 Å². The van der Waals surface area contributed by atoms with Crippen molar-refractivity contribution in [3.05, 3.63) is 0 Å². The third-order valence-corrected chi connectivity index (χ3v) is 2.63. The first-order valence-corrected chi connectivity index (χ1v) is 4.79. The van der Waals surface area contributed by atoms with E-state index in [-0.39, 0.29) is 51.4 Å². The molecule has 1 rings (SSSR count). The van der Waals surface area contributed by atoms with E-state index in [2.05, 4.69) is 0 Å². The molecule has 0 atom stereocenters. The second-order valence-corrected chi connectivity index (χ2v) is 3.79. The molecule has 1 aliphatic carbocycles. The molecule has 72 valence electrons. The fraction of sp³-hybridized carbons (Fsp3) is 1.00. The van der Waals surface area contributed by atoms with Crippen molar-refractivity contribution < 1.29 is 64.3 Å². The van der Waals surface area contributed by atoms with Crippen LogP contribution in [0.2, 0.25) is 6.32 Å². The molecule has 0 spiro atoms. The van der Waals surface area contributed by atoms with Crippen LogP contribution in [0.5, 0.6) is 0 Å². The van der Waals surface area contributed by atoms with Gasteiger partial charge in [0.1, 0.15) is 0 Å². The quantitative estimate of drug-likeness (QED) is 0.615. The van der Waals surface area contributed by atoms with Crippen molar-refractivity contribution in [3.63, 3.8) is 0 Å².